The first kappa shape index (κ1) is 14.3. The van der Waals surface area contributed by atoms with Gasteiger partial charge in [-0.1, -0.05) is 33.1 Å². The fourth-order valence-corrected chi connectivity index (χ4v) is 1.88. The highest BCUT2D eigenvalue weighted by molar-refractivity contribution is 6.17. The molecule has 1 heterocycles. The molecule has 0 radical (unpaired) electrons. The van der Waals surface area contributed by atoms with Gasteiger partial charge in [-0.25, -0.2) is 4.98 Å². The van der Waals surface area contributed by atoms with Crippen molar-refractivity contribution in [1.29, 1.82) is 0 Å². The number of aromatic nitrogens is 1. The minimum atomic E-state index is 0.506. The van der Waals surface area contributed by atoms with Crippen molar-refractivity contribution in [2.45, 2.75) is 45.4 Å². The molecule has 1 atom stereocenters. The van der Waals surface area contributed by atoms with Crippen LogP contribution < -0.4 is 4.74 Å². The Balaban J connectivity index is 2.41. The largest absolute Gasteiger partial charge is 0.477 e. The Bertz CT molecular complexity index is 317. The highest BCUT2D eigenvalue weighted by atomic mass is 35.5. The zero-order chi connectivity index (χ0) is 12.5. The molecule has 1 rings (SSSR count). The van der Waals surface area contributed by atoms with E-state index in [9.17, 15) is 0 Å². The zero-order valence-corrected chi connectivity index (χ0v) is 11.5. The number of hydrogen-bond donors (Lipinski definition) is 0. The molecular weight excluding hydrogens is 234 g/mol. The molecule has 0 aliphatic carbocycles. The molecule has 0 spiro atoms. The minimum Gasteiger partial charge on any atom is -0.477 e. The van der Waals surface area contributed by atoms with Crippen molar-refractivity contribution in [2.24, 2.45) is 5.92 Å². The van der Waals surface area contributed by atoms with Crippen molar-refractivity contribution in [3.63, 3.8) is 0 Å². The van der Waals surface area contributed by atoms with E-state index in [2.05, 4.69) is 18.8 Å². The Morgan fingerprint density at radius 2 is 2.24 bits per heavy atom. The Kier molecular flexibility index (Phi) is 7.02. The Morgan fingerprint density at radius 1 is 1.41 bits per heavy atom. The first-order valence-corrected chi connectivity index (χ1v) is 6.97. The van der Waals surface area contributed by atoms with Crippen LogP contribution in [0.2, 0.25) is 0 Å². The van der Waals surface area contributed by atoms with Gasteiger partial charge in [-0.05, 0) is 24.0 Å². The molecule has 0 N–H and O–H groups in total. The molecule has 0 saturated heterocycles. The van der Waals surface area contributed by atoms with Crippen LogP contribution in [0, 0.1) is 5.92 Å². The van der Waals surface area contributed by atoms with Crippen LogP contribution in [0.1, 0.15) is 45.1 Å². The molecule has 96 valence electrons. The second-order valence-corrected chi connectivity index (χ2v) is 4.63. The van der Waals surface area contributed by atoms with Gasteiger partial charge in [-0.15, -0.1) is 11.6 Å². The predicted molar refractivity (Wildman–Crippen MR) is 72.6 cm³/mol. The average molecular weight is 256 g/mol. The monoisotopic (exact) mass is 255 g/mol. The van der Waals surface area contributed by atoms with Crippen molar-refractivity contribution in [3.05, 3.63) is 23.9 Å². The fourth-order valence-electron chi connectivity index (χ4n) is 1.71. The summed E-state index contributed by atoms with van der Waals surface area (Å²) in [6, 6.07) is 3.83. The van der Waals surface area contributed by atoms with Gasteiger partial charge < -0.3 is 4.74 Å². The smallest absolute Gasteiger partial charge is 0.213 e. The third-order valence-corrected chi connectivity index (χ3v) is 3.27. The van der Waals surface area contributed by atoms with E-state index in [4.69, 9.17) is 16.3 Å². The first-order chi connectivity index (χ1) is 8.30. The second kappa shape index (κ2) is 8.35. The van der Waals surface area contributed by atoms with Gasteiger partial charge in [0.25, 0.3) is 0 Å². The summed E-state index contributed by atoms with van der Waals surface area (Å²) in [4.78, 5) is 4.19. The van der Waals surface area contributed by atoms with E-state index in [0.29, 0.717) is 17.7 Å². The Hall–Kier alpha value is -0.760. The van der Waals surface area contributed by atoms with Crippen LogP contribution in [-0.2, 0) is 5.88 Å². The van der Waals surface area contributed by atoms with Crippen molar-refractivity contribution in [3.8, 4) is 5.88 Å². The van der Waals surface area contributed by atoms with E-state index in [1.165, 1.54) is 19.3 Å². The minimum absolute atomic E-state index is 0.506. The van der Waals surface area contributed by atoms with Crippen LogP contribution in [0.5, 0.6) is 5.88 Å². The summed E-state index contributed by atoms with van der Waals surface area (Å²) in [6.45, 7) is 5.20. The lowest BCUT2D eigenvalue weighted by molar-refractivity contribution is 0.226. The zero-order valence-electron chi connectivity index (χ0n) is 10.8. The van der Waals surface area contributed by atoms with E-state index in [-0.39, 0.29) is 0 Å². The maximum absolute atomic E-state index is 5.77. The van der Waals surface area contributed by atoms with Gasteiger partial charge in [0.15, 0.2) is 0 Å². The van der Waals surface area contributed by atoms with Crippen LogP contribution >= 0.6 is 11.6 Å². The fraction of sp³-hybridized carbons (Fsp3) is 0.643. The van der Waals surface area contributed by atoms with Crippen molar-refractivity contribution in [1.82, 2.24) is 4.98 Å². The topological polar surface area (TPSA) is 22.1 Å². The normalized spacial score (nSPS) is 12.4. The highest BCUT2D eigenvalue weighted by Gasteiger charge is 2.07. The van der Waals surface area contributed by atoms with Gasteiger partial charge in [-0.2, -0.15) is 0 Å². The molecule has 1 unspecified atom stereocenters. The number of alkyl halides is 1. The number of pyridine rings is 1. The molecule has 0 aromatic carbocycles. The predicted octanol–water partition coefficient (Wildman–Crippen LogP) is 4.42. The maximum atomic E-state index is 5.77. The van der Waals surface area contributed by atoms with Gasteiger partial charge in [0, 0.05) is 18.1 Å². The number of unbranched alkanes of at least 4 members (excludes halogenated alkanes) is 1. The van der Waals surface area contributed by atoms with Crippen molar-refractivity contribution in [2.75, 3.05) is 6.61 Å². The Morgan fingerprint density at radius 3 is 2.88 bits per heavy atom. The number of hydrogen-bond acceptors (Lipinski definition) is 2. The summed E-state index contributed by atoms with van der Waals surface area (Å²) < 4.78 is 5.73. The molecule has 17 heavy (non-hydrogen) atoms. The summed E-state index contributed by atoms with van der Waals surface area (Å²) in [5.74, 6) is 1.83. The van der Waals surface area contributed by atoms with Crippen LogP contribution in [0.25, 0.3) is 0 Å². The molecule has 0 saturated carbocycles. The average Bonchev–Trinajstić information content (AvgIpc) is 2.39. The van der Waals surface area contributed by atoms with Gasteiger partial charge in [0.05, 0.1) is 6.61 Å². The van der Waals surface area contributed by atoms with Gasteiger partial charge >= 0.3 is 0 Å². The van der Waals surface area contributed by atoms with E-state index in [1.54, 1.807) is 6.20 Å². The van der Waals surface area contributed by atoms with E-state index < -0.39 is 0 Å². The lowest BCUT2D eigenvalue weighted by atomic mass is 10.0. The summed E-state index contributed by atoms with van der Waals surface area (Å²) in [6.07, 6.45) is 6.67. The number of ether oxygens (including phenoxy) is 1. The first-order valence-electron chi connectivity index (χ1n) is 6.43. The molecule has 0 aliphatic heterocycles. The maximum Gasteiger partial charge on any atom is 0.213 e. The molecule has 0 aliphatic rings. The second-order valence-electron chi connectivity index (χ2n) is 4.36. The Labute approximate surface area is 109 Å². The number of halogens is 1. The summed E-state index contributed by atoms with van der Waals surface area (Å²) in [7, 11) is 0. The lowest BCUT2D eigenvalue weighted by Gasteiger charge is -2.15. The van der Waals surface area contributed by atoms with E-state index in [0.717, 1.165) is 18.6 Å². The number of nitrogens with zero attached hydrogens (tertiary/aromatic N) is 1. The van der Waals surface area contributed by atoms with Gasteiger partial charge in [0.2, 0.25) is 5.88 Å². The quantitative estimate of drug-likeness (QED) is 0.642. The standard InChI is InChI=1S/C14H22ClNO/c1-3-5-6-12(4-2)11-17-14-9-13(10-15)7-8-16-14/h7-9,12H,3-6,10-11H2,1-2H3. The molecule has 1 aromatic heterocycles. The number of rotatable bonds is 8. The SMILES string of the molecule is CCCCC(CC)COc1cc(CCl)ccn1. The van der Waals surface area contributed by atoms with Crippen LogP contribution in [0.4, 0.5) is 0 Å². The third-order valence-electron chi connectivity index (χ3n) is 2.96. The van der Waals surface area contributed by atoms with E-state index >= 15 is 0 Å². The molecule has 3 heteroatoms. The van der Waals surface area contributed by atoms with Gasteiger partial charge in [0.1, 0.15) is 0 Å². The van der Waals surface area contributed by atoms with Crippen molar-refractivity contribution >= 4 is 11.6 Å². The molecule has 0 bridgehead atoms. The highest BCUT2D eigenvalue weighted by Crippen LogP contribution is 2.16. The van der Waals surface area contributed by atoms with Crippen LogP contribution in [-0.4, -0.2) is 11.6 Å². The van der Waals surface area contributed by atoms with E-state index in [1.807, 2.05) is 12.1 Å². The molecule has 2 nitrogen and oxygen atoms in total. The summed E-state index contributed by atoms with van der Waals surface area (Å²) in [5.41, 5.74) is 1.05. The molecule has 0 fully saturated rings. The molecular formula is C14H22ClNO. The van der Waals surface area contributed by atoms with Crippen LogP contribution in [0.3, 0.4) is 0 Å². The van der Waals surface area contributed by atoms with Gasteiger partial charge in [-0.3, -0.25) is 0 Å². The van der Waals surface area contributed by atoms with Crippen molar-refractivity contribution < 1.29 is 4.74 Å². The summed E-state index contributed by atoms with van der Waals surface area (Å²) in [5, 5.41) is 0. The third kappa shape index (κ3) is 5.40. The molecule has 0 amide bonds. The van der Waals surface area contributed by atoms with Crippen LogP contribution in [0.15, 0.2) is 18.3 Å². The molecule has 1 aromatic rings. The lowest BCUT2D eigenvalue weighted by Crippen LogP contribution is -2.12. The summed E-state index contributed by atoms with van der Waals surface area (Å²) >= 11 is 5.77.